The smallest absolute Gasteiger partial charge is 0.148 e. The van der Waals surface area contributed by atoms with Gasteiger partial charge < -0.3 is 9.47 Å². The molecule has 0 amide bonds. The highest BCUT2D eigenvalue weighted by atomic mass is 79.9. The maximum atomic E-state index is 12.6. The lowest BCUT2D eigenvalue weighted by molar-refractivity contribution is -0.128. The largest absolute Gasteiger partial charge is 0.379 e. The van der Waals surface area contributed by atoms with Gasteiger partial charge in [0.2, 0.25) is 0 Å². The van der Waals surface area contributed by atoms with Gasteiger partial charge in [-0.15, -0.1) is 0 Å². The van der Waals surface area contributed by atoms with Crippen LogP contribution in [0.5, 0.6) is 0 Å². The first-order valence-corrected chi connectivity index (χ1v) is 9.35. The Morgan fingerprint density at radius 2 is 1.46 bits per heavy atom. The number of carbonyl (C=O) groups excluding carboxylic acids is 1. The fourth-order valence-electron chi connectivity index (χ4n) is 3.64. The standard InChI is InChI=1S/C18H25BrN2O3/c1-14(22)17(20-6-10-23-11-7-20)18(21-8-12-24-13-9-21)15-2-4-16(19)5-3-15/h2-5,17-18H,6-13H2,1H3. The van der Waals surface area contributed by atoms with Gasteiger partial charge in [0.05, 0.1) is 38.5 Å². The lowest BCUT2D eigenvalue weighted by Crippen LogP contribution is -2.55. The average Bonchev–Trinajstić information content (AvgIpc) is 2.62. The second kappa shape index (κ2) is 8.54. The van der Waals surface area contributed by atoms with E-state index < -0.39 is 0 Å². The Labute approximate surface area is 152 Å². The van der Waals surface area contributed by atoms with Crippen LogP contribution < -0.4 is 0 Å². The van der Waals surface area contributed by atoms with Crippen molar-refractivity contribution in [3.8, 4) is 0 Å². The second-order valence-electron chi connectivity index (χ2n) is 6.35. The maximum absolute atomic E-state index is 12.6. The normalized spacial score (nSPS) is 22.9. The van der Waals surface area contributed by atoms with Crippen molar-refractivity contribution < 1.29 is 14.3 Å². The SMILES string of the molecule is CC(=O)C(C(c1ccc(Br)cc1)N1CCOCC1)N1CCOCC1. The molecule has 0 saturated carbocycles. The highest BCUT2D eigenvalue weighted by molar-refractivity contribution is 9.10. The summed E-state index contributed by atoms with van der Waals surface area (Å²) in [7, 11) is 0. The Bertz CT molecular complexity index is 540. The molecule has 0 radical (unpaired) electrons. The zero-order valence-corrected chi connectivity index (χ0v) is 15.7. The van der Waals surface area contributed by atoms with Crippen LogP contribution in [0.4, 0.5) is 0 Å². The Kier molecular flexibility index (Phi) is 6.41. The van der Waals surface area contributed by atoms with Crippen molar-refractivity contribution in [3.63, 3.8) is 0 Å². The van der Waals surface area contributed by atoms with Gasteiger partial charge in [0.15, 0.2) is 0 Å². The number of morpholine rings is 2. The summed E-state index contributed by atoms with van der Waals surface area (Å²) >= 11 is 3.51. The summed E-state index contributed by atoms with van der Waals surface area (Å²) in [6, 6.07) is 8.27. The van der Waals surface area contributed by atoms with Gasteiger partial charge in [0.25, 0.3) is 0 Å². The molecule has 2 aliphatic heterocycles. The molecule has 0 N–H and O–H groups in total. The number of ether oxygens (including phenoxy) is 2. The molecule has 2 fully saturated rings. The van der Waals surface area contributed by atoms with E-state index in [1.54, 1.807) is 6.92 Å². The Balaban J connectivity index is 1.93. The predicted molar refractivity (Wildman–Crippen MR) is 96.1 cm³/mol. The molecule has 2 atom stereocenters. The lowest BCUT2D eigenvalue weighted by atomic mass is 9.93. The highest BCUT2D eigenvalue weighted by Gasteiger charge is 2.37. The number of halogens is 1. The number of rotatable bonds is 5. The van der Waals surface area contributed by atoms with Gasteiger partial charge in [0, 0.05) is 30.7 Å². The molecular weight excluding hydrogens is 372 g/mol. The fraction of sp³-hybridized carbons (Fsp3) is 0.611. The van der Waals surface area contributed by atoms with E-state index in [1.165, 1.54) is 5.56 Å². The van der Waals surface area contributed by atoms with E-state index in [4.69, 9.17) is 9.47 Å². The van der Waals surface area contributed by atoms with Crippen molar-refractivity contribution in [2.45, 2.75) is 19.0 Å². The van der Waals surface area contributed by atoms with E-state index in [-0.39, 0.29) is 17.9 Å². The Morgan fingerprint density at radius 1 is 0.958 bits per heavy atom. The van der Waals surface area contributed by atoms with Crippen LogP contribution in [0.2, 0.25) is 0 Å². The van der Waals surface area contributed by atoms with Gasteiger partial charge in [-0.05, 0) is 24.6 Å². The van der Waals surface area contributed by atoms with Gasteiger partial charge in [-0.3, -0.25) is 14.6 Å². The number of benzene rings is 1. The molecule has 0 aliphatic carbocycles. The Hall–Kier alpha value is -0.790. The third-order valence-corrected chi connectivity index (χ3v) is 5.33. The topological polar surface area (TPSA) is 42.0 Å². The Morgan fingerprint density at radius 3 is 1.96 bits per heavy atom. The molecule has 5 nitrogen and oxygen atoms in total. The number of hydrogen-bond donors (Lipinski definition) is 0. The lowest BCUT2D eigenvalue weighted by Gasteiger charge is -2.43. The van der Waals surface area contributed by atoms with Gasteiger partial charge in [-0.2, -0.15) is 0 Å². The number of ketones is 1. The van der Waals surface area contributed by atoms with Crippen molar-refractivity contribution in [1.82, 2.24) is 9.80 Å². The molecule has 0 aromatic heterocycles. The molecule has 132 valence electrons. The molecule has 1 aromatic rings. The molecule has 2 unspecified atom stereocenters. The van der Waals surface area contributed by atoms with E-state index in [0.29, 0.717) is 13.2 Å². The minimum atomic E-state index is -0.145. The van der Waals surface area contributed by atoms with E-state index in [0.717, 1.165) is 43.9 Å². The van der Waals surface area contributed by atoms with Crippen LogP contribution in [0.3, 0.4) is 0 Å². The minimum absolute atomic E-state index is 0.0533. The maximum Gasteiger partial charge on any atom is 0.148 e. The molecule has 2 aliphatic rings. The monoisotopic (exact) mass is 396 g/mol. The van der Waals surface area contributed by atoms with Crippen LogP contribution in [0, 0.1) is 0 Å². The quantitative estimate of drug-likeness (QED) is 0.762. The number of nitrogens with zero attached hydrogens (tertiary/aromatic N) is 2. The first kappa shape index (κ1) is 18.0. The van der Waals surface area contributed by atoms with E-state index in [9.17, 15) is 4.79 Å². The minimum Gasteiger partial charge on any atom is -0.379 e. The molecule has 6 heteroatoms. The van der Waals surface area contributed by atoms with Crippen molar-refractivity contribution in [2.24, 2.45) is 0 Å². The van der Waals surface area contributed by atoms with Crippen LogP contribution in [-0.4, -0.2) is 74.2 Å². The van der Waals surface area contributed by atoms with Crippen molar-refractivity contribution in [1.29, 1.82) is 0 Å². The average molecular weight is 397 g/mol. The van der Waals surface area contributed by atoms with Gasteiger partial charge in [0.1, 0.15) is 5.78 Å². The molecule has 0 spiro atoms. The second-order valence-corrected chi connectivity index (χ2v) is 7.26. The van der Waals surface area contributed by atoms with Crippen molar-refractivity contribution >= 4 is 21.7 Å². The zero-order chi connectivity index (χ0) is 16.9. The summed E-state index contributed by atoms with van der Waals surface area (Å²) in [6.07, 6.45) is 0. The number of carbonyl (C=O) groups is 1. The van der Waals surface area contributed by atoms with Crippen molar-refractivity contribution in [3.05, 3.63) is 34.3 Å². The zero-order valence-electron chi connectivity index (χ0n) is 14.1. The molecular formula is C18H25BrN2O3. The molecule has 2 saturated heterocycles. The summed E-state index contributed by atoms with van der Waals surface area (Å²) in [5, 5.41) is 0. The van der Waals surface area contributed by atoms with Gasteiger partial charge in [-0.1, -0.05) is 28.1 Å². The summed E-state index contributed by atoms with van der Waals surface area (Å²) < 4.78 is 12.1. The van der Waals surface area contributed by atoms with E-state index in [2.05, 4.69) is 50.0 Å². The summed E-state index contributed by atoms with van der Waals surface area (Å²) in [4.78, 5) is 17.3. The third-order valence-electron chi connectivity index (χ3n) is 4.81. The van der Waals surface area contributed by atoms with Crippen LogP contribution in [0.25, 0.3) is 0 Å². The van der Waals surface area contributed by atoms with Crippen LogP contribution in [0.1, 0.15) is 18.5 Å². The van der Waals surface area contributed by atoms with Crippen LogP contribution in [0.15, 0.2) is 28.7 Å². The van der Waals surface area contributed by atoms with Gasteiger partial charge in [-0.25, -0.2) is 0 Å². The molecule has 3 rings (SSSR count). The van der Waals surface area contributed by atoms with Crippen molar-refractivity contribution in [2.75, 3.05) is 52.6 Å². The van der Waals surface area contributed by atoms with E-state index in [1.807, 2.05) is 0 Å². The van der Waals surface area contributed by atoms with Crippen LogP contribution in [-0.2, 0) is 14.3 Å². The summed E-state index contributed by atoms with van der Waals surface area (Å²) in [5.41, 5.74) is 1.19. The number of Topliss-reactive ketones (excluding diaryl/α,β-unsaturated/α-hetero) is 1. The molecule has 0 bridgehead atoms. The van der Waals surface area contributed by atoms with E-state index >= 15 is 0 Å². The fourth-order valence-corrected chi connectivity index (χ4v) is 3.91. The summed E-state index contributed by atoms with van der Waals surface area (Å²) in [6.45, 7) is 7.88. The molecule has 24 heavy (non-hydrogen) atoms. The van der Waals surface area contributed by atoms with Gasteiger partial charge >= 0.3 is 0 Å². The molecule has 1 aromatic carbocycles. The third kappa shape index (κ3) is 4.24. The number of hydrogen-bond acceptors (Lipinski definition) is 5. The summed E-state index contributed by atoms with van der Waals surface area (Å²) in [5.74, 6) is 0.219. The first-order chi connectivity index (χ1) is 11.7. The predicted octanol–water partition coefficient (Wildman–Crippen LogP) is 2.11. The highest BCUT2D eigenvalue weighted by Crippen LogP contribution is 2.30. The first-order valence-electron chi connectivity index (χ1n) is 8.56. The van der Waals surface area contributed by atoms with Crippen LogP contribution >= 0.6 is 15.9 Å². The molecule has 2 heterocycles.